The van der Waals surface area contributed by atoms with Crippen molar-refractivity contribution < 1.29 is 9.59 Å². The summed E-state index contributed by atoms with van der Waals surface area (Å²) in [6.07, 6.45) is 1.53. The molecule has 2 aromatic rings. The van der Waals surface area contributed by atoms with E-state index in [1.54, 1.807) is 0 Å². The third kappa shape index (κ3) is 4.29. The van der Waals surface area contributed by atoms with Gasteiger partial charge in [0.2, 0.25) is 5.91 Å². The highest BCUT2D eigenvalue weighted by Gasteiger charge is 2.10. The van der Waals surface area contributed by atoms with Crippen LogP contribution in [0.15, 0.2) is 41.9 Å². The van der Waals surface area contributed by atoms with E-state index >= 15 is 0 Å². The second kappa shape index (κ2) is 7.56. The summed E-state index contributed by atoms with van der Waals surface area (Å²) in [5, 5.41) is 5.39. The largest absolute Gasteiger partial charge is 0.334 e. The van der Waals surface area contributed by atoms with Gasteiger partial charge in [-0.25, -0.2) is 14.8 Å². The molecule has 22 heavy (non-hydrogen) atoms. The number of nitrogens with one attached hydrogen (secondary N) is 2. The smallest absolute Gasteiger partial charge is 0.321 e. The molecule has 2 rings (SSSR count). The maximum atomic E-state index is 11.7. The van der Waals surface area contributed by atoms with Crippen LogP contribution in [0.4, 0.5) is 4.79 Å². The quantitative estimate of drug-likeness (QED) is 0.651. The Morgan fingerprint density at radius 2 is 1.95 bits per heavy atom. The molecule has 0 radical (unpaired) electrons. The van der Waals surface area contributed by atoms with Crippen molar-refractivity contribution in [2.45, 2.75) is 11.9 Å². The molecule has 1 aromatic heterocycles. The lowest BCUT2D eigenvalue weighted by molar-refractivity contribution is -0.117. The van der Waals surface area contributed by atoms with E-state index in [0.717, 1.165) is 16.7 Å². The van der Waals surface area contributed by atoms with Crippen LogP contribution in [-0.4, -0.2) is 34.2 Å². The van der Waals surface area contributed by atoms with E-state index in [-0.39, 0.29) is 11.7 Å². The number of hydrogen-bond donors (Lipinski definition) is 2. The molecule has 0 saturated carbocycles. The average Bonchev–Trinajstić information content (AvgIpc) is 2.50. The molecule has 0 atom stereocenters. The number of imide groups is 1. The Morgan fingerprint density at radius 3 is 2.64 bits per heavy atom. The highest BCUT2D eigenvalue weighted by Crippen LogP contribution is 2.21. The number of amides is 3. The van der Waals surface area contributed by atoms with Crippen LogP contribution in [0.3, 0.4) is 0 Å². The van der Waals surface area contributed by atoms with E-state index in [0.29, 0.717) is 11.6 Å². The Kier molecular flexibility index (Phi) is 5.48. The fourth-order valence-electron chi connectivity index (χ4n) is 1.71. The first-order valence-electron chi connectivity index (χ1n) is 6.65. The number of aromatic nitrogens is 2. The molecule has 0 aliphatic rings. The summed E-state index contributed by atoms with van der Waals surface area (Å²) in [5.41, 5.74) is 2.35. The van der Waals surface area contributed by atoms with E-state index in [9.17, 15) is 9.59 Å². The van der Waals surface area contributed by atoms with Crippen molar-refractivity contribution in [1.29, 1.82) is 0 Å². The first-order valence-corrected chi connectivity index (χ1v) is 7.63. The van der Waals surface area contributed by atoms with E-state index < -0.39 is 6.03 Å². The normalized spacial score (nSPS) is 10.2. The van der Waals surface area contributed by atoms with Crippen LogP contribution in [0.1, 0.15) is 5.69 Å². The number of thioether (sulfide) groups is 1. The summed E-state index contributed by atoms with van der Waals surface area (Å²) < 4.78 is 0. The number of aryl methyl sites for hydroxylation is 1. The zero-order valence-corrected chi connectivity index (χ0v) is 12.9. The van der Waals surface area contributed by atoms with Gasteiger partial charge in [0.25, 0.3) is 0 Å². The van der Waals surface area contributed by atoms with Crippen LogP contribution in [0, 0.1) is 6.92 Å². The molecule has 0 spiro atoms. The molecule has 2 N–H and O–H groups in total. The summed E-state index contributed by atoms with van der Waals surface area (Å²) in [6, 6.07) is 7.01. The number of para-hydroxylation sites is 2. The number of carbonyl (C=O) groups excluding carboxylic acids is 2. The summed E-state index contributed by atoms with van der Waals surface area (Å²) in [7, 11) is 0. The predicted molar refractivity (Wildman–Crippen MR) is 86.7 cm³/mol. The van der Waals surface area contributed by atoms with Crippen LogP contribution in [0.2, 0.25) is 0 Å². The molecule has 0 fully saturated rings. The molecule has 3 amide bonds. The fourth-order valence-corrected chi connectivity index (χ4v) is 2.47. The molecule has 114 valence electrons. The van der Waals surface area contributed by atoms with Crippen molar-refractivity contribution in [2.24, 2.45) is 0 Å². The molecule has 7 heteroatoms. The number of rotatable bonds is 5. The van der Waals surface area contributed by atoms with E-state index in [1.165, 1.54) is 17.8 Å². The predicted octanol–water partition coefficient (Wildman–Crippen LogP) is 2.04. The van der Waals surface area contributed by atoms with Crippen molar-refractivity contribution >= 4 is 34.7 Å². The zero-order chi connectivity index (χ0) is 15.9. The van der Waals surface area contributed by atoms with Gasteiger partial charge in [-0.2, -0.15) is 0 Å². The molecule has 0 bridgehead atoms. The van der Waals surface area contributed by atoms with Crippen molar-refractivity contribution in [3.63, 3.8) is 0 Å². The maximum absolute atomic E-state index is 11.7. The van der Waals surface area contributed by atoms with E-state index in [1.807, 2.05) is 31.2 Å². The topological polar surface area (TPSA) is 84.0 Å². The van der Waals surface area contributed by atoms with Gasteiger partial charge in [-0.15, -0.1) is 6.58 Å². The van der Waals surface area contributed by atoms with Crippen molar-refractivity contribution in [3.8, 4) is 0 Å². The Balaban J connectivity index is 1.96. The van der Waals surface area contributed by atoms with Gasteiger partial charge in [0.05, 0.1) is 22.5 Å². The number of nitrogens with zero attached hydrogens (tertiary/aromatic N) is 2. The summed E-state index contributed by atoms with van der Waals surface area (Å²) in [6.45, 7) is 5.63. The molecule has 0 aliphatic heterocycles. The molecule has 6 nitrogen and oxygen atoms in total. The second-order valence-electron chi connectivity index (χ2n) is 4.44. The molecule has 0 unspecified atom stereocenters. The number of carbonyl (C=O) groups is 2. The van der Waals surface area contributed by atoms with Crippen LogP contribution >= 0.6 is 11.8 Å². The first-order chi connectivity index (χ1) is 10.6. The highest BCUT2D eigenvalue weighted by molar-refractivity contribution is 7.99. The lowest BCUT2D eigenvalue weighted by Crippen LogP contribution is -2.40. The van der Waals surface area contributed by atoms with Crippen LogP contribution in [0.5, 0.6) is 0 Å². The Bertz CT molecular complexity index is 718. The third-order valence-electron chi connectivity index (χ3n) is 2.70. The molecular formula is C15H16N4O2S. The number of fused-ring (bicyclic) bond motifs is 1. The summed E-state index contributed by atoms with van der Waals surface area (Å²) in [5.74, 6) is -0.295. The highest BCUT2D eigenvalue weighted by atomic mass is 32.2. The lowest BCUT2D eigenvalue weighted by Gasteiger charge is -2.07. The van der Waals surface area contributed by atoms with Gasteiger partial charge < -0.3 is 5.32 Å². The monoisotopic (exact) mass is 316 g/mol. The average molecular weight is 316 g/mol. The summed E-state index contributed by atoms with van der Waals surface area (Å²) >= 11 is 1.25. The van der Waals surface area contributed by atoms with Crippen LogP contribution in [-0.2, 0) is 4.79 Å². The molecule has 0 aliphatic carbocycles. The molecule has 0 saturated heterocycles. The Hall–Kier alpha value is -2.41. The number of hydrogen-bond acceptors (Lipinski definition) is 5. The third-order valence-corrected chi connectivity index (χ3v) is 3.77. The van der Waals surface area contributed by atoms with Gasteiger partial charge in [-0.3, -0.25) is 10.1 Å². The Labute approximate surface area is 132 Å². The zero-order valence-electron chi connectivity index (χ0n) is 12.1. The van der Waals surface area contributed by atoms with Crippen molar-refractivity contribution in [3.05, 3.63) is 42.6 Å². The van der Waals surface area contributed by atoms with Gasteiger partial charge in [-0.1, -0.05) is 30.0 Å². The minimum atomic E-state index is -0.535. The summed E-state index contributed by atoms with van der Waals surface area (Å²) in [4.78, 5) is 32.0. The first kappa shape index (κ1) is 16.0. The standard InChI is InChI=1S/C15H16N4O2S/c1-3-8-16-15(21)19-13(20)9-22-14-10(2)17-11-6-4-5-7-12(11)18-14/h3-7H,1,8-9H2,2H3,(H2,16,19,20,21). The number of urea groups is 1. The second-order valence-corrected chi connectivity index (χ2v) is 5.40. The van der Waals surface area contributed by atoms with Crippen LogP contribution in [0.25, 0.3) is 11.0 Å². The SMILES string of the molecule is C=CCNC(=O)NC(=O)CSc1nc2ccccc2nc1C. The van der Waals surface area contributed by atoms with Gasteiger partial charge in [0.15, 0.2) is 0 Å². The minimum absolute atomic E-state index is 0.0926. The maximum Gasteiger partial charge on any atom is 0.321 e. The molecule has 1 heterocycles. The fraction of sp³-hybridized carbons (Fsp3) is 0.200. The minimum Gasteiger partial charge on any atom is -0.334 e. The van der Waals surface area contributed by atoms with Gasteiger partial charge in [0, 0.05) is 6.54 Å². The van der Waals surface area contributed by atoms with E-state index in [4.69, 9.17) is 0 Å². The van der Waals surface area contributed by atoms with Gasteiger partial charge in [0.1, 0.15) is 5.03 Å². The molecule has 1 aromatic carbocycles. The number of benzene rings is 1. The van der Waals surface area contributed by atoms with Crippen molar-refractivity contribution in [2.75, 3.05) is 12.3 Å². The molecular weight excluding hydrogens is 300 g/mol. The van der Waals surface area contributed by atoms with E-state index in [2.05, 4.69) is 27.2 Å². The van der Waals surface area contributed by atoms with Gasteiger partial charge >= 0.3 is 6.03 Å². The lowest BCUT2D eigenvalue weighted by atomic mass is 10.3. The van der Waals surface area contributed by atoms with Crippen LogP contribution < -0.4 is 10.6 Å². The van der Waals surface area contributed by atoms with Gasteiger partial charge in [-0.05, 0) is 19.1 Å². The van der Waals surface area contributed by atoms with Crippen molar-refractivity contribution in [1.82, 2.24) is 20.6 Å². The Morgan fingerprint density at radius 1 is 1.27 bits per heavy atom.